The van der Waals surface area contributed by atoms with Crippen molar-refractivity contribution in [2.24, 2.45) is 5.10 Å². The smallest absolute Gasteiger partial charge is 0.276 e. The molecule has 0 aliphatic carbocycles. The van der Waals surface area contributed by atoms with Gasteiger partial charge in [-0.15, -0.1) is 0 Å². The number of rotatable bonds is 8. The Bertz CT molecular complexity index is 1040. The van der Waals surface area contributed by atoms with Crippen molar-refractivity contribution < 1.29 is 27.6 Å². The number of sulfonamides is 1. The van der Waals surface area contributed by atoms with E-state index in [0.717, 1.165) is 6.07 Å². The highest BCUT2D eigenvalue weighted by atomic mass is 32.2. The number of hydrogen-bond donors (Lipinski definition) is 1. The topological polar surface area (TPSA) is 129 Å². The maximum atomic E-state index is 12.5. The number of methoxy groups -OCH3 is 3. The van der Waals surface area contributed by atoms with Crippen LogP contribution in [-0.4, -0.2) is 40.4 Å². The van der Waals surface area contributed by atoms with Gasteiger partial charge in [-0.25, -0.2) is 0 Å². The first kappa shape index (κ1) is 22.0. The molecule has 0 spiro atoms. The van der Waals surface area contributed by atoms with Crippen LogP contribution in [0.5, 0.6) is 17.2 Å². The van der Waals surface area contributed by atoms with Crippen LogP contribution in [0.25, 0.3) is 0 Å². The van der Waals surface area contributed by atoms with E-state index in [9.17, 15) is 18.5 Å². The molecular formula is C18H21N3O7S. The quantitative estimate of drug-likeness (QED) is 0.392. The van der Waals surface area contributed by atoms with E-state index in [1.807, 2.05) is 0 Å². The van der Waals surface area contributed by atoms with Gasteiger partial charge in [-0.2, -0.15) is 18.4 Å². The van der Waals surface area contributed by atoms with Crippen molar-refractivity contribution >= 4 is 21.4 Å². The third-order valence-electron chi connectivity index (χ3n) is 4.10. The highest BCUT2D eigenvalue weighted by Crippen LogP contribution is 2.38. The van der Waals surface area contributed by atoms with Crippen molar-refractivity contribution in [3.63, 3.8) is 0 Å². The Hall–Kier alpha value is -3.34. The second-order valence-corrected chi connectivity index (χ2v) is 7.57. The van der Waals surface area contributed by atoms with E-state index in [1.54, 1.807) is 19.1 Å². The Balaban J connectivity index is 2.38. The number of nitro groups is 1. The molecule has 0 aliphatic heterocycles. The lowest BCUT2D eigenvalue weighted by molar-refractivity contribution is -0.385. The number of ether oxygens (including phenoxy) is 3. The van der Waals surface area contributed by atoms with Crippen molar-refractivity contribution in [2.75, 3.05) is 21.3 Å². The maximum absolute atomic E-state index is 12.5. The second kappa shape index (κ2) is 8.78. The molecule has 10 nitrogen and oxygen atoms in total. The minimum absolute atomic E-state index is 0.267. The Morgan fingerprint density at radius 1 is 1.07 bits per heavy atom. The Morgan fingerprint density at radius 3 is 2.14 bits per heavy atom. The maximum Gasteiger partial charge on any atom is 0.276 e. The molecule has 0 saturated heterocycles. The van der Waals surface area contributed by atoms with Gasteiger partial charge in [0.15, 0.2) is 11.5 Å². The van der Waals surface area contributed by atoms with Crippen molar-refractivity contribution in [1.29, 1.82) is 0 Å². The molecule has 2 aromatic carbocycles. The van der Waals surface area contributed by atoms with Crippen molar-refractivity contribution in [1.82, 2.24) is 4.83 Å². The van der Waals surface area contributed by atoms with Gasteiger partial charge in [0.1, 0.15) is 0 Å². The van der Waals surface area contributed by atoms with Crippen LogP contribution in [0.3, 0.4) is 0 Å². The van der Waals surface area contributed by atoms with Gasteiger partial charge in [-0.05, 0) is 32.0 Å². The molecule has 2 aromatic rings. The first-order valence-electron chi connectivity index (χ1n) is 8.26. The van der Waals surface area contributed by atoms with Gasteiger partial charge < -0.3 is 14.2 Å². The van der Waals surface area contributed by atoms with E-state index in [4.69, 9.17) is 14.2 Å². The van der Waals surface area contributed by atoms with Gasteiger partial charge in [0.05, 0.1) is 36.9 Å². The third kappa shape index (κ3) is 4.74. The van der Waals surface area contributed by atoms with Gasteiger partial charge in [0.2, 0.25) is 5.75 Å². The lowest BCUT2D eigenvalue weighted by atomic mass is 10.1. The minimum Gasteiger partial charge on any atom is -0.493 e. The summed E-state index contributed by atoms with van der Waals surface area (Å²) in [4.78, 5) is 12.2. The molecule has 2 rings (SSSR count). The van der Waals surface area contributed by atoms with Crippen LogP contribution >= 0.6 is 0 Å². The second-order valence-electron chi connectivity index (χ2n) is 5.91. The van der Waals surface area contributed by atoms with Gasteiger partial charge in [-0.3, -0.25) is 10.1 Å². The fraction of sp³-hybridized carbons (Fsp3) is 0.278. The van der Waals surface area contributed by atoms with Crippen LogP contribution in [0.4, 0.5) is 5.69 Å². The standard InChI is InChI=1S/C18H21N3O7S/c1-11-6-7-14(10-15(11)21(22)23)29(24,25)20-19-12(2)13-8-16(26-3)18(28-5)17(9-13)27-4/h6-10,20H,1-5H3/b19-12-. The SMILES string of the molecule is COc1cc(/C(C)=N\NS(=O)(=O)c2ccc(C)c([N+](=O)[O-])c2)cc(OC)c1OC. The molecule has 0 radical (unpaired) electrons. The van der Waals surface area contributed by atoms with Gasteiger partial charge >= 0.3 is 0 Å². The van der Waals surface area contributed by atoms with Crippen molar-refractivity contribution in [3.05, 3.63) is 51.6 Å². The van der Waals surface area contributed by atoms with Crippen LogP contribution in [0.15, 0.2) is 40.3 Å². The molecule has 0 bridgehead atoms. The van der Waals surface area contributed by atoms with Crippen molar-refractivity contribution in [3.8, 4) is 17.2 Å². The van der Waals surface area contributed by atoms with E-state index in [0.29, 0.717) is 34.1 Å². The zero-order valence-corrected chi connectivity index (χ0v) is 17.4. The van der Waals surface area contributed by atoms with Crippen LogP contribution < -0.4 is 19.0 Å². The summed E-state index contributed by atoms with van der Waals surface area (Å²) < 4.78 is 40.8. The van der Waals surface area contributed by atoms with E-state index in [-0.39, 0.29) is 10.6 Å². The minimum atomic E-state index is -4.11. The van der Waals surface area contributed by atoms with Gasteiger partial charge in [0, 0.05) is 17.2 Å². The predicted molar refractivity (Wildman–Crippen MR) is 106 cm³/mol. The summed E-state index contributed by atoms with van der Waals surface area (Å²) in [5.41, 5.74) is 0.899. The van der Waals surface area contributed by atoms with E-state index < -0.39 is 14.9 Å². The number of benzene rings is 2. The first-order valence-corrected chi connectivity index (χ1v) is 9.74. The summed E-state index contributed by atoms with van der Waals surface area (Å²) in [6.45, 7) is 3.11. The van der Waals surface area contributed by atoms with Crippen LogP contribution in [0, 0.1) is 17.0 Å². The summed E-state index contributed by atoms with van der Waals surface area (Å²) >= 11 is 0. The molecule has 1 N–H and O–H groups in total. The number of nitrogens with one attached hydrogen (secondary N) is 1. The molecule has 156 valence electrons. The molecule has 0 amide bonds. The predicted octanol–water partition coefficient (Wildman–Crippen LogP) is 2.63. The first-order chi connectivity index (χ1) is 13.6. The highest BCUT2D eigenvalue weighted by Gasteiger charge is 2.20. The molecule has 0 atom stereocenters. The third-order valence-corrected chi connectivity index (χ3v) is 5.31. The number of nitrogens with zero attached hydrogens (tertiary/aromatic N) is 2. The summed E-state index contributed by atoms with van der Waals surface area (Å²) in [6.07, 6.45) is 0. The van der Waals surface area contributed by atoms with E-state index in [1.165, 1.54) is 40.4 Å². The summed E-state index contributed by atoms with van der Waals surface area (Å²) in [5, 5.41) is 15.0. The molecule has 0 aliphatic rings. The Labute approximate surface area is 168 Å². The Kier molecular flexibility index (Phi) is 6.64. The monoisotopic (exact) mass is 423 g/mol. The van der Waals surface area contributed by atoms with Crippen LogP contribution in [0.2, 0.25) is 0 Å². The number of hydrogen-bond acceptors (Lipinski definition) is 8. The van der Waals surface area contributed by atoms with Crippen LogP contribution in [0.1, 0.15) is 18.1 Å². The summed E-state index contributed by atoms with van der Waals surface area (Å²) in [6, 6.07) is 6.86. The fourth-order valence-corrected chi connectivity index (χ4v) is 3.37. The fourth-order valence-electron chi connectivity index (χ4n) is 2.49. The number of aryl methyl sites for hydroxylation is 1. The summed E-state index contributed by atoms with van der Waals surface area (Å²) in [7, 11) is 0.276. The molecule has 0 saturated carbocycles. The summed E-state index contributed by atoms with van der Waals surface area (Å²) in [5.74, 6) is 1.15. The largest absolute Gasteiger partial charge is 0.493 e. The van der Waals surface area contributed by atoms with Crippen LogP contribution in [-0.2, 0) is 10.0 Å². The molecule has 0 aromatic heterocycles. The number of hydrazone groups is 1. The molecular weight excluding hydrogens is 402 g/mol. The van der Waals surface area contributed by atoms with E-state index >= 15 is 0 Å². The zero-order valence-electron chi connectivity index (χ0n) is 16.5. The average Bonchev–Trinajstić information content (AvgIpc) is 2.70. The zero-order chi connectivity index (χ0) is 21.8. The average molecular weight is 423 g/mol. The molecule has 11 heteroatoms. The molecule has 0 fully saturated rings. The van der Waals surface area contributed by atoms with Gasteiger partial charge in [-0.1, -0.05) is 6.07 Å². The van der Waals surface area contributed by atoms with Gasteiger partial charge in [0.25, 0.3) is 15.7 Å². The highest BCUT2D eigenvalue weighted by molar-refractivity contribution is 7.89. The molecule has 0 heterocycles. The number of nitro benzene ring substituents is 1. The van der Waals surface area contributed by atoms with Crippen molar-refractivity contribution in [2.45, 2.75) is 18.7 Å². The normalized spacial score (nSPS) is 11.7. The Morgan fingerprint density at radius 2 is 1.66 bits per heavy atom. The molecule has 0 unspecified atom stereocenters. The molecule has 29 heavy (non-hydrogen) atoms. The lowest BCUT2D eigenvalue weighted by Crippen LogP contribution is -2.20. The lowest BCUT2D eigenvalue weighted by Gasteiger charge is -2.14. The van der Waals surface area contributed by atoms with E-state index in [2.05, 4.69) is 9.93 Å².